The molecule has 0 radical (unpaired) electrons. The lowest BCUT2D eigenvalue weighted by Crippen LogP contribution is -2.55. The highest BCUT2D eigenvalue weighted by atomic mass is 32.2. The van der Waals surface area contributed by atoms with Gasteiger partial charge >= 0.3 is 0 Å². The molecule has 0 aliphatic carbocycles. The van der Waals surface area contributed by atoms with E-state index in [0.29, 0.717) is 5.78 Å². The number of ketones is 1. The molecule has 116 valence electrons. The summed E-state index contributed by atoms with van der Waals surface area (Å²) in [5.74, 6) is 2.76. The molecule has 2 N–H and O–H groups in total. The van der Waals surface area contributed by atoms with Gasteiger partial charge in [-0.15, -0.1) is 0 Å². The van der Waals surface area contributed by atoms with Crippen LogP contribution < -0.4 is 5.73 Å². The molecule has 0 aromatic rings. The van der Waals surface area contributed by atoms with Crippen LogP contribution >= 0.6 is 11.8 Å². The van der Waals surface area contributed by atoms with Crippen LogP contribution in [0.2, 0.25) is 0 Å². The Bertz CT molecular complexity index is 362. The highest BCUT2D eigenvalue weighted by molar-refractivity contribution is 7.99. The van der Waals surface area contributed by atoms with Gasteiger partial charge in [-0.05, 0) is 51.0 Å². The van der Waals surface area contributed by atoms with E-state index in [2.05, 4.69) is 0 Å². The van der Waals surface area contributed by atoms with Crippen molar-refractivity contribution in [2.24, 2.45) is 17.1 Å². The Balaban J connectivity index is 2.11. The summed E-state index contributed by atoms with van der Waals surface area (Å²) in [6.45, 7) is 8.62. The molecule has 0 aromatic carbocycles. The topological polar surface area (TPSA) is 52.3 Å². The SMILES string of the molecule is CC(C)(N)C(C)(C)C(=O)C1CCOC2(CCSCC2)C1. The zero-order valence-electron chi connectivity index (χ0n) is 13.3. The normalized spacial score (nSPS) is 27.6. The Morgan fingerprint density at radius 2 is 1.85 bits per heavy atom. The zero-order chi connectivity index (χ0) is 15.0. The second-order valence-electron chi connectivity index (χ2n) is 7.54. The lowest BCUT2D eigenvalue weighted by Gasteiger charge is -2.46. The average Bonchev–Trinajstić information content (AvgIpc) is 2.37. The van der Waals surface area contributed by atoms with E-state index in [4.69, 9.17) is 10.5 Å². The van der Waals surface area contributed by atoms with Crippen molar-refractivity contribution in [3.05, 3.63) is 0 Å². The van der Waals surface area contributed by atoms with Gasteiger partial charge in [-0.25, -0.2) is 0 Å². The maximum Gasteiger partial charge on any atom is 0.143 e. The molecule has 20 heavy (non-hydrogen) atoms. The van der Waals surface area contributed by atoms with Gasteiger partial charge in [0.25, 0.3) is 0 Å². The lowest BCUT2D eigenvalue weighted by molar-refractivity contribution is -0.148. The first-order chi connectivity index (χ1) is 9.18. The van der Waals surface area contributed by atoms with Crippen LogP contribution in [-0.4, -0.2) is 35.0 Å². The van der Waals surface area contributed by atoms with E-state index >= 15 is 0 Å². The molecule has 2 fully saturated rings. The fourth-order valence-corrected chi connectivity index (χ4v) is 4.41. The van der Waals surface area contributed by atoms with Crippen LogP contribution in [0.3, 0.4) is 0 Å². The first kappa shape index (κ1) is 16.3. The molecular weight excluding hydrogens is 270 g/mol. The molecule has 2 heterocycles. The van der Waals surface area contributed by atoms with E-state index in [-0.39, 0.29) is 11.5 Å². The average molecular weight is 299 g/mol. The predicted octanol–water partition coefficient (Wildman–Crippen LogP) is 3.01. The van der Waals surface area contributed by atoms with Gasteiger partial charge in [0, 0.05) is 23.5 Å². The molecule has 0 aromatic heterocycles. The van der Waals surface area contributed by atoms with Gasteiger partial charge in [0.1, 0.15) is 5.78 Å². The predicted molar refractivity (Wildman–Crippen MR) is 85.0 cm³/mol. The summed E-state index contributed by atoms with van der Waals surface area (Å²) in [6.07, 6.45) is 3.93. The molecule has 1 atom stereocenters. The maximum atomic E-state index is 13.0. The largest absolute Gasteiger partial charge is 0.375 e. The van der Waals surface area contributed by atoms with Crippen molar-refractivity contribution < 1.29 is 9.53 Å². The van der Waals surface area contributed by atoms with E-state index in [0.717, 1.165) is 43.8 Å². The van der Waals surface area contributed by atoms with Gasteiger partial charge in [-0.2, -0.15) is 11.8 Å². The van der Waals surface area contributed by atoms with Crippen molar-refractivity contribution in [1.82, 2.24) is 0 Å². The van der Waals surface area contributed by atoms with Crippen molar-refractivity contribution in [1.29, 1.82) is 0 Å². The Morgan fingerprint density at radius 3 is 2.40 bits per heavy atom. The zero-order valence-corrected chi connectivity index (χ0v) is 14.1. The van der Waals surface area contributed by atoms with Crippen molar-refractivity contribution >= 4 is 17.5 Å². The number of thioether (sulfide) groups is 1. The second-order valence-corrected chi connectivity index (χ2v) is 8.77. The number of hydrogen-bond donors (Lipinski definition) is 1. The van der Waals surface area contributed by atoms with Crippen molar-refractivity contribution in [3.8, 4) is 0 Å². The number of carbonyl (C=O) groups excluding carboxylic acids is 1. The van der Waals surface area contributed by atoms with Gasteiger partial charge in [0.15, 0.2) is 0 Å². The van der Waals surface area contributed by atoms with Crippen LogP contribution in [0.1, 0.15) is 53.4 Å². The van der Waals surface area contributed by atoms with Crippen LogP contribution in [-0.2, 0) is 9.53 Å². The molecule has 0 saturated carbocycles. The van der Waals surface area contributed by atoms with Crippen LogP contribution in [0.15, 0.2) is 0 Å². The summed E-state index contributed by atoms with van der Waals surface area (Å²) in [5, 5.41) is 0. The smallest absolute Gasteiger partial charge is 0.143 e. The van der Waals surface area contributed by atoms with E-state index in [1.54, 1.807) is 0 Å². The molecule has 2 saturated heterocycles. The highest BCUT2D eigenvalue weighted by Crippen LogP contribution is 2.43. The minimum atomic E-state index is -0.488. The summed E-state index contributed by atoms with van der Waals surface area (Å²) < 4.78 is 6.09. The van der Waals surface area contributed by atoms with Gasteiger partial charge in [0.2, 0.25) is 0 Å². The van der Waals surface area contributed by atoms with Crippen LogP contribution in [0.4, 0.5) is 0 Å². The maximum absolute atomic E-state index is 13.0. The van der Waals surface area contributed by atoms with Crippen LogP contribution in [0, 0.1) is 11.3 Å². The first-order valence-electron chi connectivity index (χ1n) is 7.73. The summed E-state index contributed by atoms with van der Waals surface area (Å²) in [7, 11) is 0. The number of rotatable bonds is 3. The molecule has 2 rings (SSSR count). The number of Topliss-reactive ketones (excluding diaryl/α,β-unsaturated/α-hetero) is 1. The standard InChI is InChI=1S/C16H29NO2S/c1-14(2,15(3,4)17)13(18)12-5-8-19-16(11-12)6-9-20-10-7-16/h12H,5-11,17H2,1-4H3. The van der Waals surface area contributed by atoms with Crippen molar-refractivity contribution in [2.45, 2.75) is 64.5 Å². The molecule has 3 nitrogen and oxygen atoms in total. The van der Waals surface area contributed by atoms with Gasteiger partial charge in [-0.3, -0.25) is 4.79 Å². The van der Waals surface area contributed by atoms with E-state index < -0.39 is 11.0 Å². The quantitative estimate of drug-likeness (QED) is 0.870. The number of carbonyl (C=O) groups is 1. The number of ether oxygens (including phenoxy) is 1. The van der Waals surface area contributed by atoms with E-state index in [1.807, 2.05) is 39.5 Å². The minimum Gasteiger partial charge on any atom is -0.375 e. The monoisotopic (exact) mass is 299 g/mol. The molecule has 1 spiro atoms. The molecule has 1 unspecified atom stereocenters. The van der Waals surface area contributed by atoms with Crippen LogP contribution in [0.25, 0.3) is 0 Å². The Labute approximate surface area is 127 Å². The highest BCUT2D eigenvalue weighted by Gasteiger charge is 2.47. The van der Waals surface area contributed by atoms with Crippen molar-refractivity contribution in [2.75, 3.05) is 18.1 Å². The fraction of sp³-hybridized carbons (Fsp3) is 0.938. The number of hydrogen-bond acceptors (Lipinski definition) is 4. The second kappa shape index (κ2) is 5.62. The van der Waals surface area contributed by atoms with E-state index in [1.165, 1.54) is 0 Å². The van der Waals surface area contributed by atoms with Gasteiger partial charge in [0.05, 0.1) is 5.60 Å². The molecule has 0 amide bonds. The van der Waals surface area contributed by atoms with Crippen molar-refractivity contribution in [3.63, 3.8) is 0 Å². The molecule has 2 aliphatic heterocycles. The molecule has 2 aliphatic rings. The summed E-state index contributed by atoms with van der Waals surface area (Å²) in [4.78, 5) is 13.0. The van der Waals surface area contributed by atoms with Crippen LogP contribution in [0.5, 0.6) is 0 Å². The first-order valence-corrected chi connectivity index (χ1v) is 8.88. The Kier molecular flexibility index (Phi) is 4.58. The fourth-order valence-electron chi connectivity index (χ4n) is 3.17. The third-order valence-corrected chi connectivity index (χ3v) is 6.48. The summed E-state index contributed by atoms with van der Waals surface area (Å²) in [5.41, 5.74) is 5.23. The Hall–Kier alpha value is -0.0600. The Morgan fingerprint density at radius 1 is 1.25 bits per heavy atom. The lowest BCUT2D eigenvalue weighted by atomic mass is 9.66. The molecule has 0 bridgehead atoms. The third kappa shape index (κ3) is 3.07. The third-order valence-electron chi connectivity index (χ3n) is 5.49. The minimum absolute atomic E-state index is 0.0291. The van der Waals surface area contributed by atoms with Gasteiger partial charge in [-0.1, -0.05) is 13.8 Å². The molecular formula is C16H29NO2S. The summed E-state index contributed by atoms with van der Waals surface area (Å²) >= 11 is 2.00. The summed E-state index contributed by atoms with van der Waals surface area (Å²) in [6, 6.07) is 0. The number of nitrogens with two attached hydrogens (primary N) is 1. The molecule has 4 heteroatoms. The van der Waals surface area contributed by atoms with Gasteiger partial charge < -0.3 is 10.5 Å². The van der Waals surface area contributed by atoms with E-state index in [9.17, 15) is 4.79 Å².